The van der Waals surface area contributed by atoms with Gasteiger partial charge in [-0.15, -0.1) is 0 Å². The van der Waals surface area contributed by atoms with Crippen LogP contribution in [0.15, 0.2) is 12.4 Å². The van der Waals surface area contributed by atoms with Crippen molar-refractivity contribution in [3.05, 3.63) is 18.0 Å². The van der Waals surface area contributed by atoms with Crippen LogP contribution in [0.3, 0.4) is 0 Å². The summed E-state index contributed by atoms with van der Waals surface area (Å²) in [7, 11) is 0. The summed E-state index contributed by atoms with van der Waals surface area (Å²) in [4.78, 5) is 0. The zero-order valence-electron chi connectivity index (χ0n) is 5.04. The van der Waals surface area contributed by atoms with E-state index in [2.05, 4.69) is 10.2 Å². The highest BCUT2D eigenvalue weighted by molar-refractivity contribution is 5.21. The Morgan fingerprint density at radius 1 is 1.78 bits per heavy atom. The molecule has 1 fully saturated rings. The van der Waals surface area contributed by atoms with Crippen LogP contribution in [0, 0.1) is 0 Å². The normalized spacial score (nSPS) is 32.6. The Morgan fingerprint density at radius 2 is 2.56 bits per heavy atom. The minimum absolute atomic E-state index is 0.391. The van der Waals surface area contributed by atoms with Gasteiger partial charge in [-0.1, -0.05) is 0 Å². The van der Waals surface area contributed by atoms with Crippen LogP contribution in [0.4, 0.5) is 0 Å². The van der Waals surface area contributed by atoms with Gasteiger partial charge < -0.3 is 5.73 Å². The van der Waals surface area contributed by atoms with Gasteiger partial charge >= 0.3 is 0 Å². The maximum atomic E-state index is 5.62. The molecule has 1 saturated carbocycles. The van der Waals surface area contributed by atoms with E-state index in [1.165, 1.54) is 5.56 Å². The molecule has 0 bridgehead atoms. The van der Waals surface area contributed by atoms with Crippen molar-refractivity contribution in [1.29, 1.82) is 0 Å². The van der Waals surface area contributed by atoms with E-state index in [0.717, 1.165) is 6.42 Å². The molecule has 3 N–H and O–H groups in total. The summed E-state index contributed by atoms with van der Waals surface area (Å²) in [5.74, 6) is 0.587. The van der Waals surface area contributed by atoms with Crippen molar-refractivity contribution in [3.63, 3.8) is 0 Å². The standard InChI is InChI=1S/C6H9N3/c7-6-1-5(6)4-2-8-9-3-4/h2-3,5-6H,1,7H2,(H,8,9)/t5-,6+/m0/s1. The number of nitrogens with zero attached hydrogens (tertiary/aromatic N) is 1. The largest absolute Gasteiger partial charge is 0.327 e. The Balaban J connectivity index is 2.18. The molecular weight excluding hydrogens is 114 g/mol. The maximum absolute atomic E-state index is 5.62. The van der Waals surface area contributed by atoms with E-state index in [9.17, 15) is 0 Å². The Bertz CT molecular complexity index is 192. The van der Waals surface area contributed by atoms with Crippen molar-refractivity contribution in [2.45, 2.75) is 18.4 Å². The van der Waals surface area contributed by atoms with E-state index in [0.29, 0.717) is 12.0 Å². The highest BCUT2D eigenvalue weighted by atomic mass is 15.1. The van der Waals surface area contributed by atoms with E-state index < -0.39 is 0 Å². The van der Waals surface area contributed by atoms with Gasteiger partial charge in [-0.25, -0.2) is 0 Å². The molecule has 3 heteroatoms. The molecule has 3 nitrogen and oxygen atoms in total. The number of nitrogens with two attached hydrogens (primary N) is 1. The fourth-order valence-corrected chi connectivity index (χ4v) is 1.06. The molecule has 0 radical (unpaired) electrons. The van der Waals surface area contributed by atoms with E-state index in [-0.39, 0.29) is 0 Å². The number of hydrogen-bond acceptors (Lipinski definition) is 2. The van der Waals surface area contributed by atoms with Gasteiger partial charge in [0.05, 0.1) is 6.20 Å². The monoisotopic (exact) mass is 123 g/mol. The predicted octanol–water partition coefficient (Wildman–Crippen LogP) is 0.224. The molecule has 0 aliphatic heterocycles. The number of aromatic nitrogens is 2. The second kappa shape index (κ2) is 1.57. The number of nitrogens with one attached hydrogen (secondary N) is 1. The number of aromatic amines is 1. The molecule has 0 unspecified atom stereocenters. The fourth-order valence-electron chi connectivity index (χ4n) is 1.06. The SMILES string of the molecule is N[C@@H]1C[C@H]1c1cn[nH]c1. The Morgan fingerprint density at radius 3 is 3.00 bits per heavy atom. The average molecular weight is 123 g/mol. The van der Waals surface area contributed by atoms with Crippen molar-refractivity contribution >= 4 is 0 Å². The molecule has 1 aromatic heterocycles. The zero-order chi connectivity index (χ0) is 6.27. The first kappa shape index (κ1) is 4.99. The lowest BCUT2D eigenvalue weighted by molar-refractivity contribution is 0.992. The number of rotatable bonds is 1. The van der Waals surface area contributed by atoms with Crippen LogP contribution < -0.4 is 5.73 Å². The van der Waals surface area contributed by atoms with Crippen molar-refractivity contribution < 1.29 is 0 Å². The molecular formula is C6H9N3. The minimum Gasteiger partial charge on any atom is -0.327 e. The summed E-state index contributed by atoms with van der Waals surface area (Å²) >= 11 is 0. The number of hydrogen-bond donors (Lipinski definition) is 2. The first-order valence-corrected chi connectivity index (χ1v) is 3.12. The number of H-pyrrole nitrogens is 1. The molecule has 2 atom stereocenters. The van der Waals surface area contributed by atoms with Gasteiger partial charge in [-0.2, -0.15) is 5.10 Å². The fraction of sp³-hybridized carbons (Fsp3) is 0.500. The molecule has 1 heterocycles. The maximum Gasteiger partial charge on any atom is 0.0522 e. The lowest BCUT2D eigenvalue weighted by Gasteiger charge is -1.85. The first-order valence-electron chi connectivity index (χ1n) is 3.12. The molecule has 0 aromatic carbocycles. The molecule has 48 valence electrons. The third-order valence-electron chi connectivity index (χ3n) is 1.79. The van der Waals surface area contributed by atoms with Crippen molar-refractivity contribution in [2.75, 3.05) is 0 Å². The van der Waals surface area contributed by atoms with Crippen LogP contribution in [0.5, 0.6) is 0 Å². The quantitative estimate of drug-likeness (QED) is 0.561. The summed E-state index contributed by atoms with van der Waals surface area (Å²) in [6.07, 6.45) is 4.88. The van der Waals surface area contributed by atoms with Crippen molar-refractivity contribution in [1.82, 2.24) is 10.2 Å². The van der Waals surface area contributed by atoms with Gasteiger partial charge in [0.25, 0.3) is 0 Å². The van der Waals surface area contributed by atoms with Gasteiger partial charge in [0.15, 0.2) is 0 Å². The van der Waals surface area contributed by atoms with Crippen LogP contribution in [0.2, 0.25) is 0 Å². The van der Waals surface area contributed by atoms with Crippen LogP contribution >= 0.6 is 0 Å². The van der Waals surface area contributed by atoms with E-state index in [4.69, 9.17) is 5.73 Å². The molecule has 0 saturated heterocycles. The third-order valence-corrected chi connectivity index (χ3v) is 1.79. The van der Waals surface area contributed by atoms with Gasteiger partial charge in [0.1, 0.15) is 0 Å². The summed E-state index contributed by atoms with van der Waals surface area (Å²) in [5.41, 5.74) is 6.87. The Hall–Kier alpha value is -0.830. The minimum atomic E-state index is 0.391. The molecule has 9 heavy (non-hydrogen) atoms. The van der Waals surface area contributed by atoms with Gasteiger partial charge in [-0.3, -0.25) is 5.10 Å². The van der Waals surface area contributed by atoms with Gasteiger partial charge in [0.2, 0.25) is 0 Å². The smallest absolute Gasteiger partial charge is 0.0522 e. The highest BCUT2D eigenvalue weighted by Gasteiger charge is 2.35. The Labute approximate surface area is 53.3 Å². The van der Waals surface area contributed by atoms with E-state index >= 15 is 0 Å². The first-order chi connectivity index (χ1) is 4.38. The summed E-state index contributed by atoms with van der Waals surface area (Å²) in [6.45, 7) is 0. The molecule has 0 amide bonds. The van der Waals surface area contributed by atoms with Crippen LogP contribution in [-0.4, -0.2) is 16.2 Å². The third kappa shape index (κ3) is 0.733. The van der Waals surface area contributed by atoms with E-state index in [1.807, 2.05) is 12.4 Å². The molecule has 1 aliphatic carbocycles. The van der Waals surface area contributed by atoms with Gasteiger partial charge in [0, 0.05) is 18.2 Å². The predicted molar refractivity (Wildman–Crippen MR) is 33.9 cm³/mol. The van der Waals surface area contributed by atoms with Crippen LogP contribution in [-0.2, 0) is 0 Å². The topological polar surface area (TPSA) is 54.7 Å². The second-order valence-electron chi connectivity index (χ2n) is 2.54. The van der Waals surface area contributed by atoms with Gasteiger partial charge in [-0.05, 0) is 12.0 Å². The molecule has 0 spiro atoms. The van der Waals surface area contributed by atoms with Crippen molar-refractivity contribution in [2.24, 2.45) is 5.73 Å². The average Bonchev–Trinajstić information content (AvgIpc) is 2.44. The summed E-state index contributed by atoms with van der Waals surface area (Å²) < 4.78 is 0. The summed E-state index contributed by atoms with van der Waals surface area (Å²) in [6, 6.07) is 0.391. The van der Waals surface area contributed by atoms with Crippen LogP contribution in [0.1, 0.15) is 17.9 Å². The lowest BCUT2D eigenvalue weighted by atomic mass is 10.2. The molecule has 2 rings (SSSR count). The summed E-state index contributed by atoms with van der Waals surface area (Å²) in [5, 5.41) is 6.60. The zero-order valence-corrected chi connectivity index (χ0v) is 5.04. The molecule has 1 aromatic rings. The Kier molecular flexibility index (Phi) is 0.873. The molecule has 1 aliphatic rings. The highest BCUT2D eigenvalue weighted by Crippen LogP contribution is 2.37. The lowest BCUT2D eigenvalue weighted by Crippen LogP contribution is -2.00. The van der Waals surface area contributed by atoms with E-state index in [1.54, 1.807) is 0 Å². The second-order valence-corrected chi connectivity index (χ2v) is 2.54. The van der Waals surface area contributed by atoms with Crippen LogP contribution in [0.25, 0.3) is 0 Å². The van der Waals surface area contributed by atoms with Crippen molar-refractivity contribution in [3.8, 4) is 0 Å².